The standard InChI is InChI=1S/C13H15ClN4/c1-3-10-11(14)17-13(15)18-12(10)16-9-6-4-8(2)5-7-9/h4-7H,3H2,1-2H3,(H3,15,16,17,18). The van der Waals surface area contributed by atoms with E-state index < -0.39 is 0 Å². The van der Waals surface area contributed by atoms with Gasteiger partial charge < -0.3 is 11.1 Å². The summed E-state index contributed by atoms with van der Waals surface area (Å²) in [6.07, 6.45) is 0.743. The van der Waals surface area contributed by atoms with Gasteiger partial charge >= 0.3 is 0 Å². The third kappa shape index (κ3) is 2.71. The largest absolute Gasteiger partial charge is 0.368 e. The number of nitrogens with two attached hydrogens (primary N) is 1. The Bertz CT molecular complexity index is 552. The highest BCUT2D eigenvalue weighted by atomic mass is 35.5. The summed E-state index contributed by atoms with van der Waals surface area (Å²) >= 11 is 6.06. The summed E-state index contributed by atoms with van der Waals surface area (Å²) in [5.74, 6) is 0.839. The van der Waals surface area contributed by atoms with Crippen LogP contribution >= 0.6 is 11.6 Å². The lowest BCUT2D eigenvalue weighted by Gasteiger charge is -2.11. The zero-order valence-electron chi connectivity index (χ0n) is 10.4. The molecule has 0 aliphatic heterocycles. The van der Waals surface area contributed by atoms with E-state index in [1.54, 1.807) is 0 Å². The molecule has 1 heterocycles. The van der Waals surface area contributed by atoms with Gasteiger partial charge in [-0.15, -0.1) is 0 Å². The highest BCUT2D eigenvalue weighted by Gasteiger charge is 2.10. The summed E-state index contributed by atoms with van der Waals surface area (Å²) < 4.78 is 0. The molecule has 0 unspecified atom stereocenters. The number of benzene rings is 1. The molecule has 0 atom stereocenters. The SMILES string of the molecule is CCc1c(Cl)nc(N)nc1Nc1ccc(C)cc1. The Morgan fingerprint density at radius 1 is 1.22 bits per heavy atom. The second kappa shape index (κ2) is 5.23. The first kappa shape index (κ1) is 12.6. The van der Waals surface area contributed by atoms with E-state index in [1.165, 1.54) is 5.56 Å². The van der Waals surface area contributed by atoms with Crippen molar-refractivity contribution in [2.75, 3.05) is 11.1 Å². The average Bonchev–Trinajstić information content (AvgIpc) is 2.32. The van der Waals surface area contributed by atoms with E-state index in [0.717, 1.165) is 17.7 Å². The van der Waals surface area contributed by atoms with Crippen LogP contribution in [0.25, 0.3) is 0 Å². The number of hydrogen-bond acceptors (Lipinski definition) is 4. The lowest BCUT2D eigenvalue weighted by molar-refractivity contribution is 1.06. The van der Waals surface area contributed by atoms with Crippen molar-refractivity contribution in [3.8, 4) is 0 Å². The zero-order chi connectivity index (χ0) is 13.1. The van der Waals surface area contributed by atoms with Gasteiger partial charge in [-0.2, -0.15) is 4.98 Å². The third-order valence-electron chi connectivity index (χ3n) is 2.64. The molecule has 2 aromatic rings. The van der Waals surface area contributed by atoms with E-state index >= 15 is 0 Å². The van der Waals surface area contributed by atoms with E-state index in [1.807, 2.05) is 38.1 Å². The topological polar surface area (TPSA) is 63.8 Å². The fraction of sp³-hybridized carbons (Fsp3) is 0.231. The zero-order valence-corrected chi connectivity index (χ0v) is 11.1. The molecule has 4 nitrogen and oxygen atoms in total. The molecule has 0 saturated carbocycles. The molecule has 94 valence electrons. The number of nitrogens with zero attached hydrogens (tertiary/aromatic N) is 2. The maximum absolute atomic E-state index is 6.06. The normalized spacial score (nSPS) is 10.4. The molecule has 0 radical (unpaired) electrons. The van der Waals surface area contributed by atoms with Crippen LogP contribution in [0.4, 0.5) is 17.5 Å². The van der Waals surface area contributed by atoms with Crippen LogP contribution in [0.3, 0.4) is 0 Å². The number of anilines is 3. The van der Waals surface area contributed by atoms with Crippen LogP contribution in [0.5, 0.6) is 0 Å². The lowest BCUT2D eigenvalue weighted by Crippen LogP contribution is -2.05. The van der Waals surface area contributed by atoms with Gasteiger partial charge in [0.1, 0.15) is 11.0 Å². The summed E-state index contributed by atoms with van der Waals surface area (Å²) in [5.41, 5.74) is 8.63. The summed E-state index contributed by atoms with van der Waals surface area (Å²) in [6.45, 7) is 4.04. The Balaban J connectivity index is 2.36. The number of rotatable bonds is 3. The third-order valence-corrected chi connectivity index (χ3v) is 2.95. The Hall–Kier alpha value is -1.81. The summed E-state index contributed by atoms with van der Waals surface area (Å²) in [5, 5.41) is 3.62. The van der Waals surface area contributed by atoms with Crippen molar-refractivity contribution >= 4 is 29.1 Å². The van der Waals surface area contributed by atoms with Crippen molar-refractivity contribution < 1.29 is 0 Å². The van der Waals surface area contributed by atoms with Gasteiger partial charge in [0.15, 0.2) is 0 Å². The van der Waals surface area contributed by atoms with Gasteiger partial charge in [0.2, 0.25) is 5.95 Å². The second-order valence-corrected chi connectivity index (χ2v) is 4.40. The van der Waals surface area contributed by atoms with Crippen molar-refractivity contribution in [3.63, 3.8) is 0 Å². The maximum atomic E-state index is 6.06. The lowest BCUT2D eigenvalue weighted by atomic mass is 10.2. The first-order valence-electron chi connectivity index (χ1n) is 5.75. The number of halogens is 1. The number of nitrogen functional groups attached to an aromatic ring is 1. The van der Waals surface area contributed by atoms with Gasteiger partial charge in [0.05, 0.1) is 0 Å². The number of hydrogen-bond donors (Lipinski definition) is 2. The van der Waals surface area contributed by atoms with Crippen molar-refractivity contribution in [1.29, 1.82) is 0 Å². The van der Waals surface area contributed by atoms with Gasteiger partial charge in [-0.3, -0.25) is 0 Å². The predicted molar refractivity (Wildman–Crippen MR) is 75.3 cm³/mol. The summed E-state index contributed by atoms with van der Waals surface area (Å²) in [7, 11) is 0. The second-order valence-electron chi connectivity index (χ2n) is 4.04. The monoisotopic (exact) mass is 262 g/mol. The fourth-order valence-corrected chi connectivity index (χ4v) is 1.97. The fourth-order valence-electron chi connectivity index (χ4n) is 1.66. The van der Waals surface area contributed by atoms with Crippen molar-refractivity contribution in [3.05, 3.63) is 40.5 Å². The van der Waals surface area contributed by atoms with Gasteiger partial charge in [-0.05, 0) is 25.5 Å². The quantitative estimate of drug-likeness (QED) is 0.833. The van der Waals surface area contributed by atoms with E-state index in [2.05, 4.69) is 15.3 Å². The first-order valence-corrected chi connectivity index (χ1v) is 6.13. The Morgan fingerprint density at radius 3 is 2.50 bits per heavy atom. The molecule has 5 heteroatoms. The summed E-state index contributed by atoms with van der Waals surface area (Å²) in [6, 6.07) is 8.03. The van der Waals surface area contributed by atoms with Crippen molar-refractivity contribution in [2.45, 2.75) is 20.3 Å². The molecule has 2 rings (SSSR count). The van der Waals surface area contributed by atoms with Crippen LogP contribution in [0, 0.1) is 6.92 Å². The Kier molecular flexibility index (Phi) is 3.67. The molecule has 1 aromatic heterocycles. The molecule has 1 aromatic carbocycles. The van der Waals surface area contributed by atoms with Crippen LogP contribution in [-0.2, 0) is 6.42 Å². The average molecular weight is 263 g/mol. The molecule has 0 amide bonds. The Morgan fingerprint density at radius 2 is 1.89 bits per heavy atom. The van der Waals surface area contributed by atoms with Crippen LogP contribution in [0.1, 0.15) is 18.1 Å². The molecule has 0 spiro atoms. The minimum Gasteiger partial charge on any atom is -0.368 e. The molecule has 0 aliphatic carbocycles. The van der Waals surface area contributed by atoms with E-state index in [4.69, 9.17) is 17.3 Å². The van der Waals surface area contributed by atoms with Crippen molar-refractivity contribution in [1.82, 2.24) is 9.97 Å². The van der Waals surface area contributed by atoms with Crippen LogP contribution in [0.15, 0.2) is 24.3 Å². The van der Waals surface area contributed by atoms with Gasteiger partial charge in [-0.25, -0.2) is 4.98 Å². The molecular formula is C13H15ClN4. The van der Waals surface area contributed by atoms with Crippen molar-refractivity contribution in [2.24, 2.45) is 0 Å². The molecule has 0 fully saturated rings. The molecule has 18 heavy (non-hydrogen) atoms. The first-order chi connectivity index (χ1) is 8.60. The van der Waals surface area contributed by atoms with Crippen LogP contribution < -0.4 is 11.1 Å². The highest BCUT2D eigenvalue weighted by molar-refractivity contribution is 6.30. The van der Waals surface area contributed by atoms with E-state index in [-0.39, 0.29) is 5.95 Å². The number of aromatic nitrogens is 2. The minimum atomic E-state index is 0.173. The molecule has 0 aliphatic rings. The van der Waals surface area contributed by atoms with Crippen LogP contribution in [-0.4, -0.2) is 9.97 Å². The molecule has 3 N–H and O–H groups in total. The van der Waals surface area contributed by atoms with Gasteiger partial charge in [0, 0.05) is 11.3 Å². The van der Waals surface area contributed by atoms with Crippen LogP contribution in [0.2, 0.25) is 5.15 Å². The predicted octanol–water partition coefficient (Wildman–Crippen LogP) is 3.33. The van der Waals surface area contributed by atoms with Gasteiger partial charge in [-0.1, -0.05) is 36.2 Å². The number of aryl methyl sites for hydroxylation is 1. The smallest absolute Gasteiger partial charge is 0.223 e. The number of nitrogens with one attached hydrogen (secondary N) is 1. The highest BCUT2D eigenvalue weighted by Crippen LogP contribution is 2.25. The van der Waals surface area contributed by atoms with Gasteiger partial charge in [0.25, 0.3) is 0 Å². The van der Waals surface area contributed by atoms with E-state index in [9.17, 15) is 0 Å². The van der Waals surface area contributed by atoms with E-state index in [0.29, 0.717) is 11.0 Å². The Labute approximate surface area is 111 Å². The molecule has 0 bridgehead atoms. The summed E-state index contributed by atoms with van der Waals surface area (Å²) in [4.78, 5) is 8.15. The maximum Gasteiger partial charge on any atom is 0.223 e. The minimum absolute atomic E-state index is 0.173. The molecular weight excluding hydrogens is 248 g/mol. The molecule has 0 saturated heterocycles.